The number of benzene rings is 1. The fourth-order valence-corrected chi connectivity index (χ4v) is 3.39. The van der Waals surface area contributed by atoms with Crippen LogP contribution in [0.25, 0.3) is 0 Å². The van der Waals surface area contributed by atoms with Gasteiger partial charge in [-0.25, -0.2) is 4.39 Å². The number of anilines is 1. The maximum absolute atomic E-state index is 13.2. The zero-order valence-corrected chi connectivity index (χ0v) is 13.8. The predicted molar refractivity (Wildman–Crippen MR) is 93.4 cm³/mol. The second kappa shape index (κ2) is 7.64. The van der Waals surface area contributed by atoms with Crippen LogP contribution in [0.2, 0.25) is 0 Å². The van der Waals surface area contributed by atoms with E-state index in [4.69, 9.17) is 0 Å². The standard InChI is InChI=1S/C19H26FN3/c1-16-15-17(20)5-6-19(16)23-13-7-18(8-14-23)21-9-4-12-22-10-2-3-11-22/h2-3,5-6,10-11,15,18,21H,4,7-9,12-14H2,1H3. The average molecular weight is 315 g/mol. The summed E-state index contributed by atoms with van der Waals surface area (Å²) < 4.78 is 15.4. The minimum atomic E-state index is -0.148. The Bertz CT molecular complexity index is 601. The van der Waals surface area contributed by atoms with Crippen molar-refractivity contribution in [3.8, 4) is 0 Å². The van der Waals surface area contributed by atoms with Crippen molar-refractivity contribution in [2.45, 2.75) is 38.8 Å². The van der Waals surface area contributed by atoms with E-state index < -0.39 is 0 Å². The number of nitrogens with zero attached hydrogens (tertiary/aromatic N) is 2. The number of piperidine rings is 1. The number of halogens is 1. The van der Waals surface area contributed by atoms with Crippen molar-refractivity contribution in [3.05, 3.63) is 54.1 Å². The summed E-state index contributed by atoms with van der Waals surface area (Å²) in [5, 5.41) is 3.68. The van der Waals surface area contributed by atoms with Gasteiger partial charge in [0, 0.05) is 43.8 Å². The van der Waals surface area contributed by atoms with Crippen molar-refractivity contribution in [3.63, 3.8) is 0 Å². The van der Waals surface area contributed by atoms with E-state index in [1.165, 1.54) is 5.69 Å². The molecule has 2 aromatic rings. The topological polar surface area (TPSA) is 20.2 Å². The largest absolute Gasteiger partial charge is 0.371 e. The Hall–Kier alpha value is -1.81. The van der Waals surface area contributed by atoms with Crippen LogP contribution < -0.4 is 10.2 Å². The van der Waals surface area contributed by atoms with Crippen molar-refractivity contribution < 1.29 is 4.39 Å². The first kappa shape index (κ1) is 16.1. The molecular formula is C19H26FN3. The summed E-state index contributed by atoms with van der Waals surface area (Å²) in [6.07, 6.45) is 7.69. The summed E-state index contributed by atoms with van der Waals surface area (Å²) in [7, 11) is 0. The van der Waals surface area contributed by atoms with Gasteiger partial charge in [-0.1, -0.05) is 0 Å². The van der Waals surface area contributed by atoms with Crippen LogP contribution in [0.1, 0.15) is 24.8 Å². The van der Waals surface area contributed by atoms with Gasteiger partial charge in [-0.15, -0.1) is 0 Å². The highest BCUT2D eigenvalue weighted by atomic mass is 19.1. The fourth-order valence-electron chi connectivity index (χ4n) is 3.39. The van der Waals surface area contributed by atoms with E-state index in [1.807, 2.05) is 13.0 Å². The van der Waals surface area contributed by atoms with E-state index in [-0.39, 0.29) is 5.82 Å². The van der Waals surface area contributed by atoms with Crippen LogP contribution in [0.5, 0.6) is 0 Å². The molecule has 1 fully saturated rings. The monoisotopic (exact) mass is 315 g/mol. The van der Waals surface area contributed by atoms with Crippen LogP contribution in [0, 0.1) is 12.7 Å². The molecule has 2 heterocycles. The van der Waals surface area contributed by atoms with Gasteiger partial charge in [-0.2, -0.15) is 0 Å². The van der Waals surface area contributed by atoms with Gasteiger partial charge in [0.25, 0.3) is 0 Å². The summed E-state index contributed by atoms with van der Waals surface area (Å²) >= 11 is 0. The fraction of sp³-hybridized carbons (Fsp3) is 0.474. The van der Waals surface area contributed by atoms with Crippen LogP contribution in [-0.4, -0.2) is 30.2 Å². The molecule has 1 aliphatic heterocycles. The molecule has 3 rings (SSSR count). The smallest absolute Gasteiger partial charge is 0.123 e. The predicted octanol–water partition coefficient (Wildman–Crippen LogP) is 3.58. The Labute approximate surface area is 138 Å². The first-order chi connectivity index (χ1) is 11.2. The van der Waals surface area contributed by atoms with Gasteiger partial charge in [-0.05, 0) is 68.6 Å². The Morgan fingerprint density at radius 1 is 1.17 bits per heavy atom. The van der Waals surface area contributed by atoms with Crippen molar-refractivity contribution >= 4 is 5.69 Å². The average Bonchev–Trinajstić information content (AvgIpc) is 3.06. The first-order valence-electron chi connectivity index (χ1n) is 8.57. The number of aromatic nitrogens is 1. The minimum Gasteiger partial charge on any atom is -0.371 e. The summed E-state index contributed by atoms with van der Waals surface area (Å²) in [5.41, 5.74) is 2.21. The highest BCUT2D eigenvalue weighted by Crippen LogP contribution is 2.24. The van der Waals surface area contributed by atoms with Crippen LogP contribution >= 0.6 is 0 Å². The molecule has 0 radical (unpaired) electrons. The quantitative estimate of drug-likeness (QED) is 0.822. The molecule has 1 aliphatic rings. The van der Waals surface area contributed by atoms with Crippen LogP contribution in [0.3, 0.4) is 0 Å². The maximum atomic E-state index is 13.2. The maximum Gasteiger partial charge on any atom is 0.123 e. The molecule has 3 nitrogen and oxygen atoms in total. The summed E-state index contributed by atoms with van der Waals surface area (Å²) in [5.74, 6) is -0.148. The molecule has 124 valence electrons. The zero-order chi connectivity index (χ0) is 16.1. The third-order valence-electron chi connectivity index (χ3n) is 4.69. The minimum absolute atomic E-state index is 0.148. The van der Waals surface area contributed by atoms with Crippen molar-refractivity contribution in [2.24, 2.45) is 0 Å². The second-order valence-corrected chi connectivity index (χ2v) is 6.42. The highest BCUT2D eigenvalue weighted by molar-refractivity contribution is 5.53. The lowest BCUT2D eigenvalue weighted by molar-refractivity contribution is 0.407. The van der Waals surface area contributed by atoms with Crippen molar-refractivity contribution in [2.75, 3.05) is 24.5 Å². The molecule has 0 unspecified atom stereocenters. The van der Waals surface area contributed by atoms with E-state index in [1.54, 1.807) is 12.1 Å². The Kier molecular flexibility index (Phi) is 5.34. The third-order valence-corrected chi connectivity index (χ3v) is 4.69. The molecule has 23 heavy (non-hydrogen) atoms. The number of hydrogen-bond donors (Lipinski definition) is 1. The highest BCUT2D eigenvalue weighted by Gasteiger charge is 2.19. The molecule has 0 spiro atoms. The van der Waals surface area contributed by atoms with E-state index >= 15 is 0 Å². The van der Waals surface area contributed by atoms with Gasteiger partial charge >= 0.3 is 0 Å². The summed E-state index contributed by atoms with van der Waals surface area (Å²) in [6.45, 7) is 6.22. The number of rotatable bonds is 6. The molecule has 1 saturated heterocycles. The van der Waals surface area contributed by atoms with Gasteiger partial charge in [0.15, 0.2) is 0 Å². The SMILES string of the molecule is Cc1cc(F)ccc1N1CCC(NCCCn2cccc2)CC1. The number of aryl methyl sites for hydroxylation is 2. The lowest BCUT2D eigenvalue weighted by atomic mass is 10.0. The van der Waals surface area contributed by atoms with E-state index in [2.05, 4.69) is 39.3 Å². The Balaban J connectivity index is 1.40. The van der Waals surface area contributed by atoms with Crippen LogP contribution in [0.15, 0.2) is 42.7 Å². The normalized spacial score (nSPS) is 16.0. The molecular weight excluding hydrogens is 289 g/mol. The van der Waals surface area contributed by atoms with Crippen LogP contribution in [0.4, 0.5) is 10.1 Å². The van der Waals surface area contributed by atoms with E-state index in [0.29, 0.717) is 6.04 Å². The van der Waals surface area contributed by atoms with Crippen molar-refractivity contribution in [1.29, 1.82) is 0 Å². The third kappa shape index (κ3) is 4.35. The van der Waals surface area contributed by atoms with Gasteiger partial charge < -0.3 is 14.8 Å². The molecule has 0 atom stereocenters. The molecule has 0 amide bonds. The summed E-state index contributed by atoms with van der Waals surface area (Å²) in [6, 6.07) is 9.85. The van der Waals surface area contributed by atoms with Gasteiger partial charge in [0.1, 0.15) is 5.82 Å². The molecule has 1 aromatic heterocycles. The Morgan fingerprint density at radius 2 is 1.91 bits per heavy atom. The second-order valence-electron chi connectivity index (χ2n) is 6.42. The Morgan fingerprint density at radius 3 is 2.61 bits per heavy atom. The summed E-state index contributed by atoms with van der Waals surface area (Å²) in [4.78, 5) is 2.38. The van der Waals surface area contributed by atoms with Crippen molar-refractivity contribution in [1.82, 2.24) is 9.88 Å². The van der Waals surface area contributed by atoms with Gasteiger partial charge in [-0.3, -0.25) is 0 Å². The number of nitrogens with one attached hydrogen (secondary N) is 1. The first-order valence-corrected chi connectivity index (χ1v) is 8.57. The lowest BCUT2D eigenvalue weighted by Gasteiger charge is -2.35. The van der Waals surface area contributed by atoms with E-state index in [9.17, 15) is 4.39 Å². The van der Waals surface area contributed by atoms with Gasteiger partial charge in [0.05, 0.1) is 0 Å². The molecule has 1 aromatic carbocycles. The molecule has 1 N–H and O–H groups in total. The number of hydrogen-bond acceptors (Lipinski definition) is 2. The zero-order valence-electron chi connectivity index (χ0n) is 13.8. The van der Waals surface area contributed by atoms with Crippen LogP contribution in [-0.2, 0) is 6.54 Å². The molecule has 4 heteroatoms. The molecule has 0 bridgehead atoms. The van der Waals surface area contributed by atoms with E-state index in [0.717, 1.165) is 51.0 Å². The lowest BCUT2D eigenvalue weighted by Crippen LogP contribution is -2.43. The molecule has 0 aliphatic carbocycles. The van der Waals surface area contributed by atoms with Gasteiger partial charge in [0.2, 0.25) is 0 Å². The molecule has 0 saturated carbocycles.